The van der Waals surface area contributed by atoms with Gasteiger partial charge in [0.15, 0.2) is 18.3 Å². The molecule has 2 aliphatic heterocycles. The number of nitrogens with zero attached hydrogens (tertiary/aromatic N) is 3. The highest BCUT2D eigenvalue weighted by atomic mass is 35.5. The molecule has 3 nitrogen and oxygen atoms in total. The molecular weight excluding hydrogens is 342 g/mol. The fourth-order valence-electron chi connectivity index (χ4n) is 4.02. The Balaban J connectivity index is 0.00000196. The molecule has 1 aromatic heterocycles. The van der Waals surface area contributed by atoms with Crippen molar-refractivity contribution in [3.8, 4) is 0 Å². The third-order valence-corrected chi connectivity index (χ3v) is 5.59. The Labute approximate surface area is 162 Å². The summed E-state index contributed by atoms with van der Waals surface area (Å²) in [6.45, 7) is 8.01. The Kier molecular flexibility index (Phi) is 5.67. The predicted octanol–water partition coefficient (Wildman–Crippen LogP) is 1.37. The van der Waals surface area contributed by atoms with Crippen LogP contribution in [0.25, 0.3) is 10.9 Å². The van der Waals surface area contributed by atoms with E-state index in [0.29, 0.717) is 0 Å². The van der Waals surface area contributed by atoms with Crippen molar-refractivity contribution >= 4 is 17.1 Å². The average molecular weight is 370 g/mol. The van der Waals surface area contributed by atoms with E-state index in [1.54, 1.807) is 0 Å². The summed E-state index contributed by atoms with van der Waals surface area (Å²) in [6, 6.07) is 12.7. The van der Waals surface area contributed by atoms with Crippen LogP contribution in [0.5, 0.6) is 0 Å². The fourth-order valence-corrected chi connectivity index (χ4v) is 4.02. The van der Waals surface area contributed by atoms with Crippen LogP contribution in [0.15, 0.2) is 48.2 Å². The van der Waals surface area contributed by atoms with Gasteiger partial charge in [0.25, 0.3) is 0 Å². The number of para-hydroxylation sites is 1. The molecule has 2 aromatic rings. The number of hydrogen-bond acceptors (Lipinski definition) is 2. The van der Waals surface area contributed by atoms with Crippen molar-refractivity contribution in [2.24, 2.45) is 0 Å². The molecule has 0 bridgehead atoms. The van der Waals surface area contributed by atoms with Crippen LogP contribution in [0, 0.1) is 0 Å². The van der Waals surface area contributed by atoms with Gasteiger partial charge in [-0.1, -0.05) is 24.3 Å². The second kappa shape index (κ2) is 7.79. The molecule has 26 heavy (non-hydrogen) atoms. The highest BCUT2D eigenvalue weighted by molar-refractivity contribution is 5.78. The van der Waals surface area contributed by atoms with Gasteiger partial charge in [-0.15, -0.1) is 0 Å². The maximum absolute atomic E-state index is 4.85. The van der Waals surface area contributed by atoms with Gasteiger partial charge in [0.05, 0.1) is 11.9 Å². The maximum atomic E-state index is 4.85. The van der Waals surface area contributed by atoms with Crippen LogP contribution in [-0.2, 0) is 6.54 Å². The van der Waals surface area contributed by atoms with Gasteiger partial charge in [0.1, 0.15) is 5.69 Å². The molecule has 2 aliphatic rings. The van der Waals surface area contributed by atoms with E-state index in [0.717, 1.165) is 24.2 Å². The molecule has 0 N–H and O–H groups in total. The van der Waals surface area contributed by atoms with Crippen LogP contribution in [-0.4, -0.2) is 39.3 Å². The number of fused-ring (bicyclic) bond motifs is 1. The zero-order valence-electron chi connectivity index (χ0n) is 15.8. The second-order valence-electron chi connectivity index (χ2n) is 7.97. The third-order valence-electron chi connectivity index (χ3n) is 5.59. The molecule has 138 valence electrons. The van der Waals surface area contributed by atoms with E-state index in [9.17, 15) is 0 Å². The maximum Gasteiger partial charge on any atom is 0.185 e. The molecule has 0 aliphatic carbocycles. The lowest BCUT2D eigenvalue weighted by Crippen LogP contribution is -3.00. The smallest absolute Gasteiger partial charge is 0.185 e. The normalized spacial score (nSPS) is 19.5. The molecule has 0 spiro atoms. The lowest BCUT2D eigenvalue weighted by Gasteiger charge is -2.35. The number of pyridine rings is 1. The van der Waals surface area contributed by atoms with Crippen LogP contribution >= 0.6 is 0 Å². The van der Waals surface area contributed by atoms with E-state index in [1.807, 2.05) is 0 Å². The van der Waals surface area contributed by atoms with E-state index in [1.165, 1.54) is 43.4 Å². The SMILES string of the molecule is CC1(C)CC(N2CCCCC2)=CC=[N+]1Cc1ccc2ccccc2n1.[Cl-]. The number of likely N-dealkylation sites (tertiary alicyclic amines) is 1. The van der Waals surface area contributed by atoms with Gasteiger partial charge in [-0.05, 0) is 31.4 Å². The zero-order chi connectivity index (χ0) is 17.3. The highest BCUT2D eigenvalue weighted by Crippen LogP contribution is 2.28. The summed E-state index contributed by atoms with van der Waals surface area (Å²) in [7, 11) is 0. The number of allylic oxidation sites excluding steroid dienone is 1. The molecule has 0 saturated carbocycles. The van der Waals surface area contributed by atoms with E-state index in [4.69, 9.17) is 4.98 Å². The van der Waals surface area contributed by atoms with E-state index < -0.39 is 0 Å². The van der Waals surface area contributed by atoms with Gasteiger partial charge in [0.2, 0.25) is 0 Å². The summed E-state index contributed by atoms with van der Waals surface area (Å²) in [5.41, 5.74) is 3.85. The first-order chi connectivity index (χ1) is 12.1. The molecule has 0 unspecified atom stereocenters. The second-order valence-corrected chi connectivity index (χ2v) is 7.97. The van der Waals surface area contributed by atoms with Gasteiger partial charge < -0.3 is 17.3 Å². The summed E-state index contributed by atoms with van der Waals surface area (Å²) in [5.74, 6) is 0. The van der Waals surface area contributed by atoms with Crippen LogP contribution in [0.3, 0.4) is 0 Å². The Bertz CT molecular complexity index is 832. The lowest BCUT2D eigenvalue weighted by atomic mass is 9.93. The van der Waals surface area contributed by atoms with Crippen molar-refractivity contribution in [2.75, 3.05) is 13.1 Å². The van der Waals surface area contributed by atoms with Gasteiger partial charge in [-0.25, -0.2) is 9.56 Å². The number of aromatic nitrogens is 1. The van der Waals surface area contributed by atoms with Crippen molar-refractivity contribution in [3.05, 3.63) is 53.9 Å². The minimum atomic E-state index is 0. The molecule has 0 amide bonds. The van der Waals surface area contributed by atoms with Gasteiger partial charge in [0, 0.05) is 44.1 Å². The van der Waals surface area contributed by atoms with Gasteiger partial charge in [-0.3, -0.25) is 0 Å². The third kappa shape index (κ3) is 3.93. The van der Waals surface area contributed by atoms with Crippen LogP contribution < -0.4 is 12.4 Å². The van der Waals surface area contributed by atoms with E-state index in [-0.39, 0.29) is 17.9 Å². The van der Waals surface area contributed by atoms with Gasteiger partial charge in [-0.2, -0.15) is 0 Å². The van der Waals surface area contributed by atoms with Crippen molar-refractivity contribution in [1.29, 1.82) is 0 Å². The zero-order valence-corrected chi connectivity index (χ0v) is 16.5. The number of piperidine rings is 1. The molecule has 4 rings (SSSR count). The van der Waals surface area contributed by atoms with Crippen molar-refractivity contribution in [2.45, 2.75) is 51.6 Å². The number of hydrogen-bond donors (Lipinski definition) is 0. The topological polar surface area (TPSA) is 19.1 Å². The van der Waals surface area contributed by atoms with Crippen LogP contribution in [0.1, 0.15) is 45.2 Å². The highest BCUT2D eigenvalue weighted by Gasteiger charge is 2.35. The van der Waals surface area contributed by atoms with Gasteiger partial charge >= 0.3 is 0 Å². The Morgan fingerprint density at radius 3 is 2.58 bits per heavy atom. The Morgan fingerprint density at radius 1 is 1.04 bits per heavy atom. The molecule has 3 heterocycles. The van der Waals surface area contributed by atoms with Crippen molar-refractivity contribution < 1.29 is 17.0 Å². The quantitative estimate of drug-likeness (QED) is 0.761. The Morgan fingerprint density at radius 2 is 1.81 bits per heavy atom. The molecule has 0 radical (unpaired) electrons. The van der Waals surface area contributed by atoms with E-state index >= 15 is 0 Å². The molecule has 1 fully saturated rings. The lowest BCUT2D eigenvalue weighted by molar-refractivity contribution is -0.613. The predicted molar refractivity (Wildman–Crippen MR) is 104 cm³/mol. The monoisotopic (exact) mass is 369 g/mol. The summed E-state index contributed by atoms with van der Waals surface area (Å²) in [6.07, 6.45) is 9.78. The summed E-state index contributed by atoms with van der Waals surface area (Å²) >= 11 is 0. The summed E-state index contributed by atoms with van der Waals surface area (Å²) < 4.78 is 2.44. The number of halogens is 1. The van der Waals surface area contributed by atoms with Crippen molar-refractivity contribution in [1.82, 2.24) is 9.88 Å². The first kappa shape index (κ1) is 18.9. The molecule has 4 heteroatoms. The first-order valence-corrected chi connectivity index (χ1v) is 9.52. The molecular formula is C22H28ClN3. The average Bonchev–Trinajstić information content (AvgIpc) is 2.64. The Hall–Kier alpha value is -1.87. The van der Waals surface area contributed by atoms with E-state index in [2.05, 4.69) is 72.0 Å². The summed E-state index contributed by atoms with van der Waals surface area (Å²) in [5, 5.41) is 1.21. The minimum Gasteiger partial charge on any atom is -1.00 e. The number of benzene rings is 1. The largest absolute Gasteiger partial charge is 1.00 e. The van der Waals surface area contributed by atoms with Crippen LogP contribution in [0.2, 0.25) is 0 Å². The van der Waals surface area contributed by atoms with Crippen LogP contribution in [0.4, 0.5) is 0 Å². The molecule has 0 atom stereocenters. The first-order valence-electron chi connectivity index (χ1n) is 9.52. The molecule has 1 saturated heterocycles. The standard InChI is InChI=1S/C22H28N3.ClH/c1-22(2)16-20(24-13-6-3-7-14-24)12-15-25(22)17-19-11-10-18-8-4-5-9-21(18)23-19;/h4-5,8-12,15H,3,6-7,13-14,16-17H2,1-2H3;1H/q+1;/p-1. The number of rotatable bonds is 3. The molecule has 1 aromatic carbocycles. The van der Waals surface area contributed by atoms with Crippen molar-refractivity contribution in [3.63, 3.8) is 0 Å². The minimum absolute atomic E-state index is 0. The summed E-state index contributed by atoms with van der Waals surface area (Å²) in [4.78, 5) is 7.44. The fraction of sp³-hybridized carbons (Fsp3) is 0.455.